The van der Waals surface area contributed by atoms with E-state index in [0.717, 1.165) is 11.1 Å². The van der Waals surface area contributed by atoms with Gasteiger partial charge in [-0.3, -0.25) is 4.79 Å². The molecule has 0 bridgehead atoms. The SMILES string of the molecule is CCC1(Cl)C(=O)N(Cc2ccccc2)CC1C(Cl)c1ccccc1. The molecule has 3 atom stereocenters. The molecule has 0 saturated carbocycles. The summed E-state index contributed by atoms with van der Waals surface area (Å²) in [5.74, 6) is -0.133. The van der Waals surface area contributed by atoms with E-state index in [2.05, 4.69) is 0 Å². The van der Waals surface area contributed by atoms with Gasteiger partial charge < -0.3 is 4.90 Å². The Bertz CT molecular complexity index is 691. The summed E-state index contributed by atoms with van der Waals surface area (Å²) in [6.07, 6.45) is 0.569. The average molecular weight is 362 g/mol. The van der Waals surface area contributed by atoms with Crippen molar-refractivity contribution in [2.45, 2.75) is 30.1 Å². The van der Waals surface area contributed by atoms with Gasteiger partial charge in [-0.15, -0.1) is 23.2 Å². The highest BCUT2D eigenvalue weighted by molar-refractivity contribution is 6.36. The van der Waals surface area contributed by atoms with Crippen molar-refractivity contribution >= 4 is 29.1 Å². The van der Waals surface area contributed by atoms with Crippen LogP contribution in [0.2, 0.25) is 0 Å². The quantitative estimate of drug-likeness (QED) is 0.685. The van der Waals surface area contributed by atoms with E-state index >= 15 is 0 Å². The molecule has 24 heavy (non-hydrogen) atoms. The Labute approximate surface area is 153 Å². The number of halogens is 2. The number of nitrogens with zero attached hydrogens (tertiary/aromatic N) is 1. The van der Waals surface area contributed by atoms with Crippen LogP contribution in [0.4, 0.5) is 0 Å². The van der Waals surface area contributed by atoms with Crippen LogP contribution in [0.15, 0.2) is 60.7 Å². The summed E-state index contributed by atoms with van der Waals surface area (Å²) >= 11 is 13.5. The van der Waals surface area contributed by atoms with Gasteiger partial charge >= 0.3 is 0 Å². The normalized spacial score (nSPS) is 25.0. The second-order valence-electron chi connectivity index (χ2n) is 6.31. The van der Waals surface area contributed by atoms with Crippen LogP contribution in [0.25, 0.3) is 0 Å². The molecule has 0 aliphatic carbocycles. The molecule has 0 radical (unpaired) electrons. The number of carbonyl (C=O) groups excluding carboxylic acids is 1. The summed E-state index contributed by atoms with van der Waals surface area (Å²) < 4.78 is 0. The van der Waals surface area contributed by atoms with E-state index in [1.54, 1.807) is 0 Å². The van der Waals surface area contributed by atoms with Crippen LogP contribution in [0.1, 0.15) is 29.8 Å². The molecule has 3 rings (SSSR count). The van der Waals surface area contributed by atoms with Crippen molar-refractivity contribution in [3.8, 4) is 0 Å². The van der Waals surface area contributed by atoms with E-state index in [1.807, 2.05) is 72.5 Å². The Morgan fingerprint density at radius 1 is 1.12 bits per heavy atom. The first-order valence-electron chi connectivity index (χ1n) is 8.27. The maximum atomic E-state index is 12.9. The van der Waals surface area contributed by atoms with E-state index < -0.39 is 4.87 Å². The molecule has 1 aliphatic rings. The lowest BCUT2D eigenvalue weighted by Gasteiger charge is -2.28. The number of carbonyl (C=O) groups is 1. The van der Waals surface area contributed by atoms with Gasteiger partial charge in [0.25, 0.3) is 0 Å². The van der Waals surface area contributed by atoms with Crippen LogP contribution < -0.4 is 0 Å². The molecule has 1 amide bonds. The molecule has 126 valence electrons. The van der Waals surface area contributed by atoms with Crippen LogP contribution in [-0.2, 0) is 11.3 Å². The van der Waals surface area contributed by atoms with E-state index in [9.17, 15) is 4.79 Å². The molecular weight excluding hydrogens is 341 g/mol. The number of hydrogen-bond donors (Lipinski definition) is 0. The number of likely N-dealkylation sites (tertiary alicyclic amines) is 1. The lowest BCUT2D eigenvalue weighted by atomic mass is 9.86. The third-order valence-electron chi connectivity index (χ3n) is 4.85. The second kappa shape index (κ2) is 7.16. The molecule has 0 aromatic heterocycles. The standard InChI is InChI=1S/C20H21Cl2NO/c1-2-20(22)17(18(21)16-11-7-4-8-12-16)14-23(19(20)24)13-15-9-5-3-6-10-15/h3-12,17-18H,2,13-14H2,1H3. The molecule has 2 nitrogen and oxygen atoms in total. The third kappa shape index (κ3) is 3.18. The van der Waals surface area contributed by atoms with Gasteiger partial charge in [0.2, 0.25) is 5.91 Å². The number of alkyl halides is 2. The van der Waals surface area contributed by atoms with Crippen molar-refractivity contribution < 1.29 is 4.79 Å². The van der Waals surface area contributed by atoms with E-state index in [0.29, 0.717) is 19.5 Å². The average Bonchev–Trinajstić information content (AvgIpc) is 2.88. The van der Waals surface area contributed by atoms with Crippen LogP contribution in [0.3, 0.4) is 0 Å². The molecule has 0 N–H and O–H groups in total. The lowest BCUT2D eigenvalue weighted by molar-refractivity contribution is -0.130. The second-order valence-corrected chi connectivity index (χ2v) is 7.45. The van der Waals surface area contributed by atoms with E-state index in [1.165, 1.54) is 0 Å². The minimum atomic E-state index is -0.933. The lowest BCUT2D eigenvalue weighted by Crippen LogP contribution is -2.38. The third-order valence-corrected chi connectivity index (χ3v) is 6.11. The fourth-order valence-corrected chi connectivity index (χ4v) is 4.25. The van der Waals surface area contributed by atoms with Gasteiger partial charge in [-0.1, -0.05) is 67.6 Å². The number of rotatable bonds is 5. The largest absolute Gasteiger partial charge is 0.336 e. The van der Waals surface area contributed by atoms with Crippen LogP contribution in [0, 0.1) is 5.92 Å². The molecular formula is C20H21Cl2NO. The van der Waals surface area contributed by atoms with E-state index in [4.69, 9.17) is 23.2 Å². The molecule has 3 unspecified atom stereocenters. The van der Waals surface area contributed by atoms with E-state index in [-0.39, 0.29) is 17.2 Å². The van der Waals surface area contributed by atoms with Gasteiger partial charge in [0.05, 0.1) is 5.38 Å². The topological polar surface area (TPSA) is 20.3 Å². The van der Waals surface area contributed by atoms with Gasteiger partial charge in [-0.25, -0.2) is 0 Å². The number of benzene rings is 2. The Kier molecular flexibility index (Phi) is 5.17. The van der Waals surface area contributed by atoms with Crippen molar-refractivity contribution in [2.24, 2.45) is 5.92 Å². The van der Waals surface area contributed by atoms with Crippen molar-refractivity contribution in [3.05, 3.63) is 71.8 Å². The van der Waals surface area contributed by atoms with Crippen molar-refractivity contribution in [1.82, 2.24) is 4.90 Å². The fourth-order valence-electron chi connectivity index (χ4n) is 3.43. The summed E-state index contributed by atoms with van der Waals surface area (Å²) in [5, 5.41) is -0.284. The highest BCUT2D eigenvalue weighted by Gasteiger charge is 2.54. The van der Waals surface area contributed by atoms with Crippen LogP contribution >= 0.6 is 23.2 Å². The molecule has 1 saturated heterocycles. The fraction of sp³-hybridized carbons (Fsp3) is 0.350. The van der Waals surface area contributed by atoms with Crippen molar-refractivity contribution in [3.63, 3.8) is 0 Å². The monoisotopic (exact) mass is 361 g/mol. The molecule has 1 heterocycles. The minimum Gasteiger partial charge on any atom is -0.336 e. The molecule has 2 aromatic carbocycles. The number of amides is 1. The highest BCUT2D eigenvalue weighted by atomic mass is 35.5. The van der Waals surface area contributed by atoms with Gasteiger partial charge in [-0.2, -0.15) is 0 Å². The van der Waals surface area contributed by atoms with Gasteiger partial charge in [0.15, 0.2) is 0 Å². The first kappa shape index (κ1) is 17.3. The predicted molar refractivity (Wildman–Crippen MR) is 99.3 cm³/mol. The van der Waals surface area contributed by atoms with Crippen molar-refractivity contribution in [1.29, 1.82) is 0 Å². The summed E-state index contributed by atoms with van der Waals surface area (Å²) in [7, 11) is 0. The van der Waals surface area contributed by atoms with Crippen LogP contribution in [0.5, 0.6) is 0 Å². The Balaban J connectivity index is 1.85. The first-order valence-corrected chi connectivity index (χ1v) is 9.09. The highest BCUT2D eigenvalue weighted by Crippen LogP contribution is 2.47. The molecule has 1 fully saturated rings. The summed E-state index contributed by atoms with van der Waals surface area (Å²) in [6, 6.07) is 19.9. The summed E-state index contributed by atoms with van der Waals surface area (Å²) in [5.41, 5.74) is 2.12. The maximum Gasteiger partial charge on any atom is 0.244 e. The van der Waals surface area contributed by atoms with Gasteiger partial charge in [-0.05, 0) is 17.5 Å². The van der Waals surface area contributed by atoms with Crippen molar-refractivity contribution in [2.75, 3.05) is 6.54 Å². The summed E-state index contributed by atoms with van der Waals surface area (Å²) in [4.78, 5) is 13.9. The number of hydrogen-bond acceptors (Lipinski definition) is 1. The molecule has 4 heteroatoms. The Morgan fingerprint density at radius 2 is 1.71 bits per heavy atom. The Morgan fingerprint density at radius 3 is 2.29 bits per heavy atom. The minimum absolute atomic E-state index is 0.0119. The zero-order chi connectivity index (χ0) is 17.2. The molecule has 2 aromatic rings. The van der Waals surface area contributed by atoms with Gasteiger partial charge in [0.1, 0.15) is 4.87 Å². The maximum absolute atomic E-state index is 12.9. The van der Waals surface area contributed by atoms with Gasteiger partial charge in [0, 0.05) is 19.0 Å². The predicted octanol–water partition coefficient (Wildman–Crippen LogP) is 5.01. The first-order chi connectivity index (χ1) is 11.6. The summed E-state index contributed by atoms with van der Waals surface area (Å²) in [6.45, 7) is 3.11. The Hall–Kier alpha value is -1.51. The zero-order valence-corrected chi connectivity index (χ0v) is 15.2. The zero-order valence-electron chi connectivity index (χ0n) is 13.7. The molecule has 0 spiro atoms. The molecule has 1 aliphatic heterocycles. The van der Waals surface area contributed by atoms with Crippen LogP contribution in [-0.4, -0.2) is 22.2 Å². The smallest absolute Gasteiger partial charge is 0.244 e.